The van der Waals surface area contributed by atoms with Crippen LogP contribution in [0.25, 0.3) is 11.3 Å². The van der Waals surface area contributed by atoms with Gasteiger partial charge in [-0.15, -0.1) is 0 Å². The first-order valence-corrected chi connectivity index (χ1v) is 7.43. The van der Waals surface area contributed by atoms with Gasteiger partial charge in [0.25, 0.3) is 5.56 Å². The molecule has 2 rings (SSSR count). The molecule has 0 aliphatic carbocycles. The van der Waals surface area contributed by atoms with Gasteiger partial charge in [0, 0.05) is 6.54 Å². The summed E-state index contributed by atoms with van der Waals surface area (Å²) in [4.78, 5) is 23.4. The van der Waals surface area contributed by atoms with E-state index in [-0.39, 0.29) is 11.1 Å². The van der Waals surface area contributed by atoms with Crippen LogP contribution in [0.5, 0.6) is 0 Å². The van der Waals surface area contributed by atoms with E-state index in [0.717, 1.165) is 30.5 Å². The molecular formula is C18H21NO2. The lowest BCUT2D eigenvalue weighted by atomic mass is 10.1. The van der Waals surface area contributed by atoms with E-state index in [4.69, 9.17) is 0 Å². The van der Waals surface area contributed by atoms with Crippen molar-refractivity contribution >= 4 is 6.29 Å². The third-order valence-electron chi connectivity index (χ3n) is 3.66. The number of carbonyl (C=O) groups is 1. The number of nitrogens with zero attached hydrogens (tertiary/aromatic N) is 1. The average Bonchev–Trinajstić information content (AvgIpc) is 2.50. The van der Waals surface area contributed by atoms with E-state index in [1.807, 2.05) is 37.3 Å². The van der Waals surface area contributed by atoms with Crippen LogP contribution in [0.15, 0.2) is 41.2 Å². The first-order valence-electron chi connectivity index (χ1n) is 7.43. The smallest absolute Gasteiger partial charge is 0.261 e. The van der Waals surface area contributed by atoms with Gasteiger partial charge < -0.3 is 4.57 Å². The quantitative estimate of drug-likeness (QED) is 0.597. The third kappa shape index (κ3) is 3.48. The molecule has 2 aromatic rings. The van der Waals surface area contributed by atoms with Gasteiger partial charge >= 0.3 is 0 Å². The predicted octanol–water partition coefficient (Wildman–Crippen LogP) is 3.83. The summed E-state index contributed by atoms with van der Waals surface area (Å²) in [5, 5.41) is 0. The minimum Gasteiger partial charge on any atom is -0.308 e. The molecule has 0 aliphatic heterocycles. The summed E-state index contributed by atoms with van der Waals surface area (Å²) in [5.41, 5.74) is 3.10. The third-order valence-corrected chi connectivity index (χ3v) is 3.66. The van der Waals surface area contributed by atoms with Crippen molar-refractivity contribution in [2.24, 2.45) is 0 Å². The number of hydrogen-bond acceptors (Lipinski definition) is 2. The van der Waals surface area contributed by atoms with Crippen molar-refractivity contribution in [1.29, 1.82) is 0 Å². The zero-order valence-electron chi connectivity index (χ0n) is 12.6. The van der Waals surface area contributed by atoms with Gasteiger partial charge in [0.2, 0.25) is 0 Å². The van der Waals surface area contributed by atoms with E-state index in [9.17, 15) is 9.59 Å². The second-order valence-corrected chi connectivity index (χ2v) is 5.32. The van der Waals surface area contributed by atoms with Crippen LogP contribution in [0, 0.1) is 6.92 Å². The fourth-order valence-electron chi connectivity index (χ4n) is 2.40. The minimum atomic E-state index is -0.195. The molecule has 0 unspecified atom stereocenters. The van der Waals surface area contributed by atoms with Crippen molar-refractivity contribution in [3.8, 4) is 11.3 Å². The minimum absolute atomic E-state index is 0.195. The molecule has 1 heterocycles. The van der Waals surface area contributed by atoms with Crippen LogP contribution in [0.4, 0.5) is 0 Å². The monoisotopic (exact) mass is 283 g/mol. The molecule has 0 saturated heterocycles. The SMILES string of the molecule is CCCCCn1c(-c2ccc(C)cc2)ccc(C=O)c1=O. The molecule has 21 heavy (non-hydrogen) atoms. The van der Waals surface area contributed by atoms with Crippen molar-refractivity contribution in [3.63, 3.8) is 0 Å². The first kappa shape index (κ1) is 15.2. The molecule has 0 fully saturated rings. The van der Waals surface area contributed by atoms with Crippen molar-refractivity contribution in [3.05, 3.63) is 57.9 Å². The summed E-state index contributed by atoms with van der Waals surface area (Å²) in [7, 11) is 0. The van der Waals surface area contributed by atoms with Gasteiger partial charge in [0.05, 0.1) is 11.3 Å². The normalized spacial score (nSPS) is 10.6. The summed E-state index contributed by atoms with van der Waals surface area (Å²) in [5.74, 6) is 0. The summed E-state index contributed by atoms with van der Waals surface area (Å²) in [6.45, 7) is 4.82. The number of unbranched alkanes of at least 4 members (excludes halogenated alkanes) is 2. The molecule has 0 N–H and O–H groups in total. The van der Waals surface area contributed by atoms with Crippen molar-refractivity contribution in [2.45, 2.75) is 39.7 Å². The second-order valence-electron chi connectivity index (χ2n) is 5.32. The number of carbonyl (C=O) groups excluding carboxylic acids is 1. The summed E-state index contributed by atoms with van der Waals surface area (Å²) >= 11 is 0. The predicted molar refractivity (Wildman–Crippen MR) is 85.8 cm³/mol. The van der Waals surface area contributed by atoms with Gasteiger partial charge in [0.1, 0.15) is 0 Å². The molecule has 3 heteroatoms. The van der Waals surface area contributed by atoms with Crippen LogP contribution in [0.2, 0.25) is 0 Å². The molecule has 0 atom stereocenters. The van der Waals surface area contributed by atoms with E-state index in [1.54, 1.807) is 10.6 Å². The largest absolute Gasteiger partial charge is 0.308 e. The van der Waals surface area contributed by atoms with Crippen LogP contribution >= 0.6 is 0 Å². The lowest BCUT2D eigenvalue weighted by Crippen LogP contribution is -2.25. The molecule has 110 valence electrons. The zero-order chi connectivity index (χ0) is 15.2. The van der Waals surface area contributed by atoms with Crippen molar-refractivity contribution in [1.82, 2.24) is 4.57 Å². The Hall–Kier alpha value is -2.16. The molecular weight excluding hydrogens is 262 g/mol. The Morgan fingerprint density at radius 1 is 1.05 bits per heavy atom. The topological polar surface area (TPSA) is 39.1 Å². The van der Waals surface area contributed by atoms with Crippen molar-refractivity contribution < 1.29 is 4.79 Å². The molecule has 1 aromatic heterocycles. The zero-order valence-corrected chi connectivity index (χ0v) is 12.6. The lowest BCUT2D eigenvalue weighted by molar-refractivity contribution is 0.112. The fourth-order valence-corrected chi connectivity index (χ4v) is 2.40. The molecule has 3 nitrogen and oxygen atoms in total. The van der Waals surface area contributed by atoms with E-state index in [2.05, 4.69) is 6.92 Å². The molecule has 0 saturated carbocycles. The number of aryl methyl sites for hydroxylation is 1. The molecule has 0 radical (unpaired) electrons. The Bertz CT molecular complexity index is 669. The number of hydrogen-bond donors (Lipinski definition) is 0. The van der Waals surface area contributed by atoms with Crippen LogP contribution in [-0.2, 0) is 6.54 Å². The van der Waals surface area contributed by atoms with Crippen LogP contribution in [0.1, 0.15) is 42.1 Å². The number of pyridine rings is 1. The maximum atomic E-state index is 12.4. The maximum absolute atomic E-state index is 12.4. The number of aromatic nitrogens is 1. The molecule has 0 aliphatic rings. The van der Waals surface area contributed by atoms with Crippen LogP contribution in [0.3, 0.4) is 0 Å². The fraction of sp³-hybridized carbons (Fsp3) is 0.333. The van der Waals surface area contributed by atoms with Crippen LogP contribution in [-0.4, -0.2) is 10.9 Å². The Morgan fingerprint density at radius 3 is 2.38 bits per heavy atom. The van der Waals surface area contributed by atoms with E-state index >= 15 is 0 Å². The highest BCUT2D eigenvalue weighted by atomic mass is 16.1. The number of rotatable bonds is 6. The second kappa shape index (κ2) is 7.02. The summed E-state index contributed by atoms with van der Waals surface area (Å²) in [6, 6.07) is 11.6. The maximum Gasteiger partial charge on any atom is 0.261 e. The molecule has 0 spiro atoms. The molecule has 0 amide bonds. The van der Waals surface area contributed by atoms with Gasteiger partial charge in [0.15, 0.2) is 6.29 Å². The first-order chi connectivity index (χ1) is 10.2. The Morgan fingerprint density at radius 2 is 1.76 bits per heavy atom. The van der Waals surface area contributed by atoms with E-state index in [1.165, 1.54) is 5.56 Å². The van der Waals surface area contributed by atoms with Gasteiger partial charge in [-0.1, -0.05) is 49.6 Å². The number of benzene rings is 1. The van der Waals surface area contributed by atoms with E-state index in [0.29, 0.717) is 12.8 Å². The van der Waals surface area contributed by atoms with Gasteiger partial charge in [-0.05, 0) is 31.0 Å². The molecule has 0 bridgehead atoms. The highest BCUT2D eigenvalue weighted by molar-refractivity contribution is 5.75. The molecule has 1 aromatic carbocycles. The van der Waals surface area contributed by atoms with Gasteiger partial charge in [-0.25, -0.2) is 0 Å². The highest BCUT2D eigenvalue weighted by Gasteiger charge is 2.09. The highest BCUT2D eigenvalue weighted by Crippen LogP contribution is 2.19. The average molecular weight is 283 g/mol. The van der Waals surface area contributed by atoms with Gasteiger partial charge in [-0.3, -0.25) is 9.59 Å². The van der Waals surface area contributed by atoms with Crippen molar-refractivity contribution in [2.75, 3.05) is 0 Å². The van der Waals surface area contributed by atoms with Crippen LogP contribution < -0.4 is 5.56 Å². The summed E-state index contributed by atoms with van der Waals surface area (Å²) in [6.07, 6.45) is 3.75. The standard InChI is InChI=1S/C18H21NO2/c1-3-4-5-12-19-17(11-10-16(13-20)18(19)21)15-8-6-14(2)7-9-15/h6-11,13H,3-5,12H2,1-2H3. The number of aldehydes is 1. The summed E-state index contributed by atoms with van der Waals surface area (Å²) < 4.78 is 1.73. The van der Waals surface area contributed by atoms with Gasteiger partial charge in [-0.2, -0.15) is 0 Å². The Kier molecular flexibility index (Phi) is 5.09. The van der Waals surface area contributed by atoms with E-state index < -0.39 is 0 Å². The Balaban J connectivity index is 2.48. The lowest BCUT2D eigenvalue weighted by Gasteiger charge is -2.14. The Labute approximate surface area is 125 Å².